The summed E-state index contributed by atoms with van der Waals surface area (Å²) >= 11 is 7.65. The molecule has 0 aliphatic carbocycles. The van der Waals surface area contributed by atoms with Gasteiger partial charge >= 0.3 is 0 Å². The zero-order chi connectivity index (χ0) is 23.4. The van der Waals surface area contributed by atoms with Crippen molar-refractivity contribution in [2.75, 3.05) is 19.1 Å². The lowest BCUT2D eigenvalue weighted by Gasteiger charge is -2.17. The maximum atomic E-state index is 13.3. The van der Waals surface area contributed by atoms with Crippen molar-refractivity contribution in [3.8, 4) is 11.5 Å². The molecule has 4 aromatic rings. The van der Waals surface area contributed by atoms with E-state index in [1.165, 1.54) is 17.4 Å². The van der Waals surface area contributed by atoms with Gasteiger partial charge in [-0.15, -0.1) is 0 Å². The van der Waals surface area contributed by atoms with E-state index in [2.05, 4.69) is 4.98 Å². The van der Waals surface area contributed by atoms with Gasteiger partial charge in [0, 0.05) is 17.3 Å². The topological polar surface area (TPSA) is 64.5 Å². The number of thiazole rings is 1. The highest BCUT2D eigenvalue weighted by atomic mass is 35.5. The number of fused-ring (bicyclic) bond motifs is 1. The van der Waals surface area contributed by atoms with Gasteiger partial charge in [0.1, 0.15) is 0 Å². The van der Waals surface area contributed by atoms with Crippen LogP contribution in [0.1, 0.15) is 16.8 Å². The standard InChI is InChI=1S/C25H22ClN3O3S/c1-16-12-18(26)14-22-24(16)28-25(33-22)29(15-19-6-4-5-11-27-19)23(30)10-8-17-7-9-20(31-2)21(13-17)32-3/h4-14H,15H2,1-3H3/b10-8+. The largest absolute Gasteiger partial charge is 0.493 e. The van der Waals surface area contributed by atoms with Gasteiger partial charge in [-0.1, -0.05) is 35.1 Å². The lowest BCUT2D eigenvalue weighted by Crippen LogP contribution is -2.29. The predicted octanol–water partition coefficient (Wildman–Crippen LogP) is 5.92. The van der Waals surface area contributed by atoms with E-state index in [1.54, 1.807) is 37.5 Å². The van der Waals surface area contributed by atoms with Gasteiger partial charge in [-0.3, -0.25) is 14.7 Å². The predicted molar refractivity (Wildman–Crippen MR) is 133 cm³/mol. The van der Waals surface area contributed by atoms with Gasteiger partial charge in [0.05, 0.1) is 36.7 Å². The number of hydrogen-bond donors (Lipinski definition) is 0. The number of aryl methyl sites for hydroxylation is 1. The third-order valence-corrected chi connectivity index (χ3v) is 6.25. The van der Waals surface area contributed by atoms with Crippen LogP contribution in [0.15, 0.2) is 60.8 Å². The second-order valence-electron chi connectivity index (χ2n) is 7.26. The second-order valence-corrected chi connectivity index (χ2v) is 8.70. The number of anilines is 1. The molecule has 33 heavy (non-hydrogen) atoms. The Morgan fingerprint density at radius 2 is 1.94 bits per heavy atom. The molecule has 2 aromatic carbocycles. The number of pyridine rings is 1. The number of amides is 1. The molecule has 0 fully saturated rings. The van der Waals surface area contributed by atoms with E-state index < -0.39 is 0 Å². The van der Waals surface area contributed by atoms with Crippen molar-refractivity contribution < 1.29 is 14.3 Å². The normalized spacial score (nSPS) is 11.2. The van der Waals surface area contributed by atoms with Crippen molar-refractivity contribution in [1.29, 1.82) is 0 Å². The zero-order valence-corrected chi connectivity index (χ0v) is 20.0. The zero-order valence-electron chi connectivity index (χ0n) is 18.4. The smallest absolute Gasteiger partial charge is 0.253 e. The van der Waals surface area contributed by atoms with E-state index in [9.17, 15) is 4.79 Å². The fourth-order valence-corrected chi connectivity index (χ4v) is 4.79. The Hall–Kier alpha value is -3.42. The van der Waals surface area contributed by atoms with Crippen LogP contribution in [-0.2, 0) is 11.3 Å². The highest BCUT2D eigenvalue weighted by Crippen LogP contribution is 2.34. The van der Waals surface area contributed by atoms with E-state index in [-0.39, 0.29) is 5.91 Å². The number of nitrogens with zero attached hydrogens (tertiary/aromatic N) is 3. The van der Waals surface area contributed by atoms with Gasteiger partial charge in [0.15, 0.2) is 16.6 Å². The average Bonchev–Trinajstić information content (AvgIpc) is 3.25. The number of methoxy groups -OCH3 is 2. The quantitative estimate of drug-likeness (QED) is 0.308. The molecular formula is C25H22ClN3O3S. The van der Waals surface area contributed by atoms with Crippen LogP contribution in [0.5, 0.6) is 11.5 Å². The second kappa shape index (κ2) is 10.0. The number of ether oxygens (including phenoxy) is 2. The third-order valence-electron chi connectivity index (χ3n) is 5.01. The van der Waals surface area contributed by atoms with E-state index in [4.69, 9.17) is 26.1 Å². The molecule has 0 atom stereocenters. The molecule has 0 N–H and O–H groups in total. The summed E-state index contributed by atoms with van der Waals surface area (Å²) in [4.78, 5) is 24.1. The number of aromatic nitrogens is 2. The number of halogens is 1. The van der Waals surface area contributed by atoms with Crippen LogP contribution in [0, 0.1) is 6.92 Å². The van der Waals surface area contributed by atoms with E-state index in [0.717, 1.165) is 27.0 Å². The molecule has 4 rings (SSSR count). The molecule has 0 saturated heterocycles. The Morgan fingerprint density at radius 1 is 1.12 bits per heavy atom. The first-order chi connectivity index (χ1) is 16.0. The number of hydrogen-bond acceptors (Lipinski definition) is 6. The molecule has 8 heteroatoms. The van der Waals surface area contributed by atoms with Gasteiger partial charge in [-0.25, -0.2) is 4.98 Å². The Kier molecular flexibility index (Phi) is 6.91. The number of carbonyl (C=O) groups is 1. The summed E-state index contributed by atoms with van der Waals surface area (Å²) in [5.74, 6) is 1.01. The summed E-state index contributed by atoms with van der Waals surface area (Å²) in [5, 5.41) is 1.23. The van der Waals surface area contributed by atoms with Crippen LogP contribution in [-0.4, -0.2) is 30.1 Å². The first-order valence-corrected chi connectivity index (χ1v) is 11.4. The monoisotopic (exact) mass is 479 g/mol. The molecule has 168 valence electrons. The Morgan fingerprint density at radius 3 is 2.67 bits per heavy atom. The Labute approximate surface area is 201 Å². The van der Waals surface area contributed by atoms with Crippen LogP contribution < -0.4 is 14.4 Å². The summed E-state index contributed by atoms with van der Waals surface area (Å²) in [6, 6.07) is 14.8. The molecule has 0 aliphatic heterocycles. The minimum atomic E-state index is -0.210. The van der Waals surface area contributed by atoms with E-state index in [1.807, 2.05) is 49.4 Å². The Balaban J connectivity index is 1.68. The summed E-state index contributed by atoms with van der Waals surface area (Å²) in [5.41, 5.74) is 3.37. The van der Waals surface area contributed by atoms with Gasteiger partial charge in [-0.05, 0) is 60.5 Å². The van der Waals surface area contributed by atoms with Crippen molar-refractivity contribution in [3.63, 3.8) is 0 Å². The highest BCUT2D eigenvalue weighted by Gasteiger charge is 2.20. The van der Waals surface area contributed by atoms with Crippen molar-refractivity contribution >= 4 is 50.3 Å². The molecular weight excluding hydrogens is 458 g/mol. The molecule has 0 radical (unpaired) electrons. The van der Waals surface area contributed by atoms with Gasteiger partial charge in [0.25, 0.3) is 5.91 Å². The van der Waals surface area contributed by atoms with Crippen molar-refractivity contribution in [2.45, 2.75) is 13.5 Å². The van der Waals surface area contributed by atoms with Crippen LogP contribution in [0.25, 0.3) is 16.3 Å². The molecule has 6 nitrogen and oxygen atoms in total. The van der Waals surface area contributed by atoms with Gasteiger partial charge in [-0.2, -0.15) is 0 Å². The van der Waals surface area contributed by atoms with Crippen LogP contribution in [0.4, 0.5) is 5.13 Å². The molecule has 0 bridgehead atoms. The maximum absolute atomic E-state index is 13.3. The molecule has 0 spiro atoms. The van der Waals surface area contributed by atoms with Crippen LogP contribution in [0.2, 0.25) is 5.02 Å². The number of carbonyl (C=O) groups excluding carboxylic acids is 1. The van der Waals surface area contributed by atoms with Gasteiger partial charge < -0.3 is 9.47 Å². The molecule has 2 heterocycles. The molecule has 2 aromatic heterocycles. The Bertz CT molecular complexity index is 1320. The summed E-state index contributed by atoms with van der Waals surface area (Å²) < 4.78 is 11.6. The van der Waals surface area contributed by atoms with Crippen molar-refractivity contribution in [1.82, 2.24) is 9.97 Å². The number of rotatable bonds is 7. The average molecular weight is 480 g/mol. The minimum absolute atomic E-state index is 0.210. The highest BCUT2D eigenvalue weighted by molar-refractivity contribution is 7.22. The SMILES string of the molecule is COc1ccc(/C=C/C(=O)N(Cc2ccccn2)c2nc3c(C)cc(Cl)cc3s2)cc1OC. The van der Waals surface area contributed by atoms with Crippen LogP contribution >= 0.6 is 22.9 Å². The summed E-state index contributed by atoms with van der Waals surface area (Å²) in [7, 11) is 3.16. The van der Waals surface area contributed by atoms with Crippen molar-refractivity contribution in [2.24, 2.45) is 0 Å². The molecule has 0 saturated carbocycles. The summed E-state index contributed by atoms with van der Waals surface area (Å²) in [6.45, 7) is 2.25. The molecule has 0 aliphatic rings. The number of benzene rings is 2. The van der Waals surface area contributed by atoms with Crippen LogP contribution in [0.3, 0.4) is 0 Å². The molecule has 1 amide bonds. The molecule has 0 unspecified atom stereocenters. The fourth-order valence-electron chi connectivity index (χ4n) is 3.37. The fraction of sp³-hybridized carbons (Fsp3) is 0.160. The lowest BCUT2D eigenvalue weighted by atomic mass is 10.2. The maximum Gasteiger partial charge on any atom is 0.253 e. The first kappa shape index (κ1) is 22.8. The lowest BCUT2D eigenvalue weighted by molar-refractivity contribution is -0.114. The van der Waals surface area contributed by atoms with E-state index in [0.29, 0.717) is 28.2 Å². The third kappa shape index (κ3) is 5.16. The minimum Gasteiger partial charge on any atom is -0.493 e. The first-order valence-electron chi connectivity index (χ1n) is 10.2. The summed E-state index contributed by atoms with van der Waals surface area (Å²) in [6.07, 6.45) is 4.97. The van der Waals surface area contributed by atoms with E-state index >= 15 is 0 Å². The van der Waals surface area contributed by atoms with Crippen molar-refractivity contribution in [3.05, 3.63) is 82.6 Å². The van der Waals surface area contributed by atoms with Gasteiger partial charge in [0.2, 0.25) is 0 Å².